The van der Waals surface area contributed by atoms with Gasteiger partial charge in [0.25, 0.3) is 0 Å². The van der Waals surface area contributed by atoms with Crippen molar-refractivity contribution >= 4 is 17.6 Å². The minimum Gasteiger partial charge on any atom is -0.310 e. The highest BCUT2D eigenvalue weighted by molar-refractivity contribution is 6.06. The van der Waals surface area contributed by atoms with Gasteiger partial charge in [0, 0.05) is 5.69 Å². The fourth-order valence-electron chi connectivity index (χ4n) is 1.57. The summed E-state index contributed by atoms with van der Waals surface area (Å²) in [5, 5.41) is 2.15. The molecular formula is C10H10FN3O2. The van der Waals surface area contributed by atoms with Crippen LogP contribution in [0.3, 0.4) is 0 Å². The number of halogens is 1. The van der Waals surface area contributed by atoms with Gasteiger partial charge in [-0.05, 0) is 24.3 Å². The molecule has 0 radical (unpaired) electrons. The molecule has 0 saturated carbocycles. The van der Waals surface area contributed by atoms with E-state index in [2.05, 4.69) is 5.32 Å². The lowest BCUT2D eigenvalue weighted by atomic mass is 10.2. The van der Waals surface area contributed by atoms with Gasteiger partial charge < -0.3 is 5.73 Å². The zero-order valence-corrected chi connectivity index (χ0v) is 8.31. The number of benzene rings is 1. The third-order valence-corrected chi connectivity index (χ3v) is 2.30. The van der Waals surface area contributed by atoms with Crippen molar-refractivity contribution < 1.29 is 14.0 Å². The monoisotopic (exact) mass is 223 g/mol. The summed E-state index contributed by atoms with van der Waals surface area (Å²) in [5.74, 6) is -0.804. The Labute approximate surface area is 91.0 Å². The van der Waals surface area contributed by atoms with Crippen molar-refractivity contribution in [3.63, 3.8) is 0 Å². The molecule has 3 N–H and O–H groups in total. The Bertz CT molecular complexity index is 432. The molecule has 1 aromatic carbocycles. The Kier molecular flexibility index (Phi) is 2.57. The van der Waals surface area contributed by atoms with E-state index in [1.54, 1.807) is 0 Å². The third kappa shape index (κ3) is 1.87. The van der Waals surface area contributed by atoms with Gasteiger partial charge in [-0.25, -0.2) is 9.18 Å². The summed E-state index contributed by atoms with van der Waals surface area (Å²) in [5.41, 5.74) is 6.14. The second kappa shape index (κ2) is 3.90. The van der Waals surface area contributed by atoms with E-state index in [0.717, 1.165) is 0 Å². The lowest BCUT2D eigenvalue weighted by Crippen LogP contribution is -2.58. The predicted octanol–water partition coefficient (Wildman–Crippen LogP) is 0.557. The number of urea groups is 1. The molecule has 1 heterocycles. The largest absolute Gasteiger partial charge is 0.329 e. The van der Waals surface area contributed by atoms with Crippen molar-refractivity contribution in [2.75, 3.05) is 4.90 Å². The topological polar surface area (TPSA) is 75.4 Å². The molecule has 1 atom stereocenters. The van der Waals surface area contributed by atoms with Crippen molar-refractivity contribution in [1.29, 1.82) is 0 Å². The van der Waals surface area contributed by atoms with Crippen LogP contribution in [0.4, 0.5) is 14.9 Å². The van der Waals surface area contributed by atoms with Crippen LogP contribution in [0.5, 0.6) is 0 Å². The minimum atomic E-state index is -0.716. The van der Waals surface area contributed by atoms with Crippen LogP contribution in [0, 0.1) is 5.82 Å². The average molecular weight is 223 g/mol. The van der Waals surface area contributed by atoms with Crippen molar-refractivity contribution in [2.45, 2.75) is 12.6 Å². The Hall–Kier alpha value is -1.95. The Morgan fingerprint density at radius 1 is 1.31 bits per heavy atom. The molecule has 1 aliphatic heterocycles. The maximum atomic E-state index is 12.7. The summed E-state index contributed by atoms with van der Waals surface area (Å²) in [6.07, 6.45) is -0.685. The molecular weight excluding hydrogens is 213 g/mol. The molecule has 0 bridgehead atoms. The Balaban J connectivity index is 2.29. The second-order valence-electron chi connectivity index (χ2n) is 3.47. The standard InChI is InChI=1S/C10H10FN3O2/c11-6-1-3-7(4-2-6)14-8(12)5-9(15)13-10(14)16/h1-4,8H,5,12H2,(H,13,15,16). The molecule has 3 amide bonds. The molecule has 0 spiro atoms. The van der Waals surface area contributed by atoms with Crippen LogP contribution in [0.25, 0.3) is 0 Å². The van der Waals surface area contributed by atoms with Crippen LogP contribution >= 0.6 is 0 Å². The number of amides is 3. The summed E-state index contributed by atoms with van der Waals surface area (Å²) in [4.78, 5) is 23.8. The Morgan fingerprint density at radius 2 is 1.94 bits per heavy atom. The average Bonchev–Trinajstić information content (AvgIpc) is 2.19. The van der Waals surface area contributed by atoms with E-state index in [1.807, 2.05) is 0 Å². The van der Waals surface area contributed by atoms with Gasteiger partial charge in [0.2, 0.25) is 5.91 Å². The maximum Gasteiger partial charge on any atom is 0.329 e. The van der Waals surface area contributed by atoms with Gasteiger partial charge in [0.15, 0.2) is 0 Å². The van der Waals surface area contributed by atoms with E-state index in [0.29, 0.717) is 5.69 Å². The number of nitrogens with zero attached hydrogens (tertiary/aromatic N) is 1. The SMILES string of the molecule is NC1CC(=O)NC(=O)N1c1ccc(F)cc1. The molecule has 0 aromatic heterocycles. The molecule has 16 heavy (non-hydrogen) atoms. The number of hydrogen-bond acceptors (Lipinski definition) is 3. The fraction of sp³-hybridized carbons (Fsp3) is 0.200. The fourth-order valence-corrected chi connectivity index (χ4v) is 1.57. The number of carbonyl (C=O) groups excluding carboxylic acids is 2. The minimum absolute atomic E-state index is 0.0309. The van der Waals surface area contributed by atoms with Gasteiger partial charge in [0.1, 0.15) is 5.82 Å². The summed E-state index contributed by atoms with van der Waals surface area (Å²) in [6.45, 7) is 0. The van der Waals surface area contributed by atoms with Crippen LogP contribution in [-0.2, 0) is 4.79 Å². The van der Waals surface area contributed by atoms with E-state index in [1.165, 1.54) is 29.2 Å². The van der Waals surface area contributed by atoms with Crippen LogP contribution < -0.4 is 16.0 Å². The molecule has 1 aromatic rings. The first-order valence-electron chi connectivity index (χ1n) is 4.72. The molecule has 1 saturated heterocycles. The molecule has 5 nitrogen and oxygen atoms in total. The number of carbonyl (C=O) groups is 2. The van der Waals surface area contributed by atoms with E-state index >= 15 is 0 Å². The molecule has 0 aliphatic carbocycles. The molecule has 1 unspecified atom stereocenters. The predicted molar refractivity (Wildman–Crippen MR) is 55.0 cm³/mol. The lowest BCUT2D eigenvalue weighted by Gasteiger charge is -2.32. The summed E-state index contributed by atoms with van der Waals surface area (Å²) in [7, 11) is 0. The quantitative estimate of drug-likeness (QED) is 0.730. The molecule has 1 aliphatic rings. The van der Waals surface area contributed by atoms with Gasteiger partial charge in [-0.1, -0.05) is 0 Å². The number of imide groups is 1. The van der Waals surface area contributed by atoms with Crippen LogP contribution in [0.2, 0.25) is 0 Å². The van der Waals surface area contributed by atoms with Gasteiger partial charge in [-0.15, -0.1) is 0 Å². The van der Waals surface area contributed by atoms with Crippen molar-refractivity contribution in [3.8, 4) is 0 Å². The molecule has 84 valence electrons. The summed E-state index contributed by atoms with van der Waals surface area (Å²) < 4.78 is 12.7. The number of rotatable bonds is 1. The first-order chi connectivity index (χ1) is 7.58. The van der Waals surface area contributed by atoms with Crippen LogP contribution in [0.15, 0.2) is 24.3 Å². The number of hydrogen-bond donors (Lipinski definition) is 2. The highest BCUT2D eigenvalue weighted by Crippen LogP contribution is 2.19. The smallest absolute Gasteiger partial charge is 0.310 e. The third-order valence-electron chi connectivity index (χ3n) is 2.30. The van der Waals surface area contributed by atoms with Crippen molar-refractivity contribution in [2.24, 2.45) is 5.73 Å². The van der Waals surface area contributed by atoms with Gasteiger partial charge in [-0.2, -0.15) is 0 Å². The van der Waals surface area contributed by atoms with E-state index in [9.17, 15) is 14.0 Å². The highest BCUT2D eigenvalue weighted by atomic mass is 19.1. The van der Waals surface area contributed by atoms with E-state index < -0.39 is 23.9 Å². The lowest BCUT2D eigenvalue weighted by molar-refractivity contribution is -0.120. The number of nitrogens with two attached hydrogens (primary N) is 1. The normalized spacial score (nSPS) is 20.9. The van der Waals surface area contributed by atoms with Gasteiger partial charge in [-0.3, -0.25) is 15.0 Å². The number of nitrogens with one attached hydrogen (secondary N) is 1. The van der Waals surface area contributed by atoms with Crippen LogP contribution in [-0.4, -0.2) is 18.1 Å². The van der Waals surface area contributed by atoms with E-state index in [4.69, 9.17) is 5.73 Å². The zero-order chi connectivity index (χ0) is 11.7. The summed E-state index contributed by atoms with van der Waals surface area (Å²) in [6, 6.07) is 4.74. The van der Waals surface area contributed by atoms with Gasteiger partial charge >= 0.3 is 6.03 Å². The Morgan fingerprint density at radius 3 is 2.50 bits per heavy atom. The van der Waals surface area contributed by atoms with E-state index in [-0.39, 0.29) is 6.42 Å². The van der Waals surface area contributed by atoms with Crippen molar-refractivity contribution in [3.05, 3.63) is 30.1 Å². The molecule has 6 heteroatoms. The second-order valence-corrected chi connectivity index (χ2v) is 3.47. The molecule has 2 rings (SSSR count). The van der Waals surface area contributed by atoms with Crippen LogP contribution in [0.1, 0.15) is 6.42 Å². The summed E-state index contributed by atoms with van der Waals surface area (Å²) >= 11 is 0. The highest BCUT2D eigenvalue weighted by Gasteiger charge is 2.30. The maximum absolute atomic E-state index is 12.7. The zero-order valence-electron chi connectivity index (χ0n) is 8.31. The van der Waals surface area contributed by atoms with Gasteiger partial charge in [0.05, 0.1) is 12.6 Å². The van der Waals surface area contributed by atoms with Crippen molar-refractivity contribution in [1.82, 2.24) is 5.32 Å². The first-order valence-corrected chi connectivity index (χ1v) is 4.72. The first kappa shape index (κ1) is 10.6. The molecule has 1 fully saturated rings. The number of anilines is 1.